The molecule has 2 aromatic carbocycles. The van der Waals surface area contributed by atoms with Crippen LogP contribution in [0.4, 0.5) is 5.69 Å². The summed E-state index contributed by atoms with van der Waals surface area (Å²) in [5.41, 5.74) is 2.94. The molecular formula is C27H23ClN4O3. The van der Waals surface area contributed by atoms with E-state index in [-0.39, 0.29) is 22.6 Å². The third-order valence-corrected chi connectivity index (χ3v) is 6.30. The molecule has 1 N–H and O–H groups in total. The van der Waals surface area contributed by atoms with Gasteiger partial charge in [0.1, 0.15) is 17.5 Å². The Morgan fingerprint density at radius 3 is 2.71 bits per heavy atom. The second kappa shape index (κ2) is 10.1. The Labute approximate surface area is 207 Å². The molecule has 2 aromatic heterocycles. The third kappa shape index (κ3) is 4.95. The minimum Gasteiger partial charge on any atom is -0.482 e. The molecule has 8 heteroatoms. The third-order valence-electron chi connectivity index (χ3n) is 5.99. The zero-order valence-electron chi connectivity index (χ0n) is 18.9. The smallest absolute Gasteiger partial charge is 0.275 e. The van der Waals surface area contributed by atoms with Gasteiger partial charge in [0, 0.05) is 30.6 Å². The lowest BCUT2D eigenvalue weighted by Gasteiger charge is -2.26. The number of nitrogens with one attached hydrogen (secondary N) is 1. The van der Waals surface area contributed by atoms with Crippen LogP contribution in [0.3, 0.4) is 0 Å². The van der Waals surface area contributed by atoms with Gasteiger partial charge < -0.3 is 14.6 Å². The fourth-order valence-corrected chi connectivity index (χ4v) is 4.49. The van der Waals surface area contributed by atoms with E-state index in [2.05, 4.69) is 15.3 Å². The number of rotatable bonds is 7. The van der Waals surface area contributed by atoms with Crippen molar-refractivity contribution in [2.45, 2.75) is 31.9 Å². The predicted octanol–water partition coefficient (Wildman–Crippen LogP) is 5.52. The lowest BCUT2D eigenvalue weighted by atomic mass is 9.89. The highest BCUT2D eigenvalue weighted by atomic mass is 35.5. The first-order chi connectivity index (χ1) is 17.1. The van der Waals surface area contributed by atoms with Crippen LogP contribution >= 0.6 is 11.6 Å². The zero-order valence-corrected chi connectivity index (χ0v) is 19.6. The van der Waals surface area contributed by atoms with Crippen molar-refractivity contribution in [2.24, 2.45) is 0 Å². The van der Waals surface area contributed by atoms with Crippen molar-refractivity contribution in [1.82, 2.24) is 14.5 Å². The van der Waals surface area contributed by atoms with E-state index in [0.717, 1.165) is 11.1 Å². The van der Waals surface area contributed by atoms with Gasteiger partial charge >= 0.3 is 0 Å². The summed E-state index contributed by atoms with van der Waals surface area (Å²) in [6.45, 7) is 0.513. The second-order valence-corrected chi connectivity index (χ2v) is 8.71. The summed E-state index contributed by atoms with van der Waals surface area (Å²) in [5, 5.41) is 3.20. The Balaban J connectivity index is 1.55. The fraction of sp³-hybridized carbons (Fsp3) is 0.185. The lowest BCUT2D eigenvalue weighted by molar-refractivity contribution is 0.0969. The van der Waals surface area contributed by atoms with Gasteiger partial charge in [-0.3, -0.25) is 9.59 Å². The standard InChI is InChI=1S/C27H23ClN4O3/c28-21-9-5-13-30-26(21)27(34)31-25-20-8-4-10-22(33)19(20)11-12-23(25)35-24(16-32-15-14-29-17-32)18-6-2-1-3-7-18/h1-3,5-7,9,11-15,17,24H,4,8,10,16H2,(H,31,34). The summed E-state index contributed by atoms with van der Waals surface area (Å²) in [7, 11) is 0. The minimum absolute atomic E-state index is 0.0576. The molecule has 7 nitrogen and oxygen atoms in total. The molecule has 4 aromatic rings. The van der Waals surface area contributed by atoms with Gasteiger partial charge in [0.15, 0.2) is 5.78 Å². The van der Waals surface area contributed by atoms with Crippen LogP contribution in [0.5, 0.6) is 5.75 Å². The Kier molecular flexibility index (Phi) is 6.59. The SMILES string of the molecule is O=C1CCCc2c1ccc(OC(Cn1ccnc1)c1ccccc1)c2NC(=O)c1ncccc1Cl. The molecule has 5 rings (SSSR count). The van der Waals surface area contributed by atoms with Gasteiger partial charge in [-0.05, 0) is 48.2 Å². The van der Waals surface area contributed by atoms with Crippen LogP contribution in [0.2, 0.25) is 5.02 Å². The molecule has 0 radical (unpaired) electrons. The maximum absolute atomic E-state index is 13.2. The van der Waals surface area contributed by atoms with E-state index in [9.17, 15) is 9.59 Å². The molecule has 1 aliphatic carbocycles. The largest absolute Gasteiger partial charge is 0.482 e. The maximum Gasteiger partial charge on any atom is 0.275 e. The molecule has 0 saturated carbocycles. The van der Waals surface area contributed by atoms with Crippen LogP contribution < -0.4 is 10.1 Å². The second-order valence-electron chi connectivity index (χ2n) is 8.31. The number of carbonyl (C=O) groups excluding carboxylic acids is 2. The first-order valence-electron chi connectivity index (χ1n) is 11.4. The maximum atomic E-state index is 13.2. The fourth-order valence-electron chi connectivity index (χ4n) is 4.29. The Bertz CT molecular complexity index is 1360. The quantitative estimate of drug-likeness (QED) is 0.371. The van der Waals surface area contributed by atoms with Crippen molar-refractivity contribution in [3.63, 3.8) is 0 Å². The average molecular weight is 487 g/mol. The van der Waals surface area contributed by atoms with Crippen LogP contribution in [0.1, 0.15) is 50.9 Å². The van der Waals surface area contributed by atoms with Crippen LogP contribution in [-0.2, 0) is 13.0 Å². The van der Waals surface area contributed by atoms with Crippen LogP contribution in [0, 0.1) is 0 Å². The molecule has 1 amide bonds. The number of Topliss-reactive ketones (excluding diaryl/α,β-unsaturated/α-hetero) is 1. The normalized spacial score (nSPS) is 13.7. The van der Waals surface area contributed by atoms with E-state index in [4.69, 9.17) is 16.3 Å². The van der Waals surface area contributed by atoms with E-state index < -0.39 is 5.91 Å². The lowest BCUT2D eigenvalue weighted by Crippen LogP contribution is -2.21. The molecule has 0 bridgehead atoms. The average Bonchev–Trinajstić information content (AvgIpc) is 3.39. The van der Waals surface area contributed by atoms with Crippen molar-refractivity contribution in [1.29, 1.82) is 0 Å². The number of ketones is 1. The van der Waals surface area contributed by atoms with Crippen LogP contribution in [0.15, 0.2) is 79.5 Å². The summed E-state index contributed by atoms with van der Waals surface area (Å²) < 4.78 is 8.48. The first-order valence-corrected chi connectivity index (χ1v) is 11.8. The Morgan fingerprint density at radius 2 is 1.94 bits per heavy atom. The number of halogens is 1. The summed E-state index contributed by atoms with van der Waals surface area (Å²) in [6, 6.07) is 16.7. The molecule has 176 valence electrons. The summed E-state index contributed by atoms with van der Waals surface area (Å²) >= 11 is 6.22. The first kappa shape index (κ1) is 22.8. The van der Waals surface area contributed by atoms with E-state index in [1.165, 1.54) is 6.20 Å². The molecule has 1 unspecified atom stereocenters. The van der Waals surface area contributed by atoms with Crippen molar-refractivity contribution in [3.8, 4) is 5.75 Å². The molecule has 0 spiro atoms. The van der Waals surface area contributed by atoms with Crippen molar-refractivity contribution in [2.75, 3.05) is 5.32 Å². The zero-order chi connectivity index (χ0) is 24.2. The number of anilines is 1. The van der Waals surface area contributed by atoms with Gasteiger partial charge in [-0.15, -0.1) is 0 Å². The highest BCUT2D eigenvalue weighted by Gasteiger charge is 2.26. The van der Waals surface area contributed by atoms with Crippen molar-refractivity contribution < 1.29 is 14.3 Å². The molecule has 0 saturated heterocycles. The van der Waals surface area contributed by atoms with Gasteiger partial charge in [-0.2, -0.15) is 0 Å². The summed E-state index contributed by atoms with van der Waals surface area (Å²) in [5.74, 6) is 0.0766. The minimum atomic E-state index is -0.460. The number of aromatic nitrogens is 3. The number of imidazole rings is 1. The number of hydrogen-bond acceptors (Lipinski definition) is 5. The number of ether oxygens (including phenoxy) is 1. The van der Waals surface area contributed by atoms with Gasteiger partial charge in [0.2, 0.25) is 0 Å². The Hall–Kier alpha value is -3.97. The van der Waals surface area contributed by atoms with Crippen molar-refractivity contribution in [3.05, 3.63) is 107 Å². The van der Waals surface area contributed by atoms with E-state index in [1.807, 2.05) is 41.1 Å². The number of hydrogen-bond donors (Lipinski definition) is 1. The number of fused-ring (bicyclic) bond motifs is 1. The van der Waals surface area contributed by atoms with Crippen molar-refractivity contribution >= 4 is 29.0 Å². The molecule has 1 aliphatic rings. The monoisotopic (exact) mass is 486 g/mol. The Morgan fingerprint density at radius 1 is 1.09 bits per heavy atom. The van der Waals surface area contributed by atoms with Crippen LogP contribution in [-0.4, -0.2) is 26.2 Å². The van der Waals surface area contributed by atoms with E-state index in [1.54, 1.807) is 36.8 Å². The molecule has 35 heavy (non-hydrogen) atoms. The topological polar surface area (TPSA) is 86.1 Å². The summed E-state index contributed by atoms with van der Waals surface area (Å²) in [4.78, 5) is 34.0. The number of pyridine rings is 1. The van der Waals surface area contributed by atoms with Gasteiger partial charge in [-0.25, -0.2) is 9.97 Å². The highest BCUT2D eigenvalue weighted by molar-refractivity contribution is 6.34. The van der Waals surface area contributed by atoms with Crippen LogP contribution in [0.25, 0.3) is 0 Å². The van der Waals surface area contributed by atoms with Gasteiger partial charge in [-0.1, -0.05) is 41.9 Å². The van der Waals surface area contributed by atoms with E-state index >= 15 is 0 Å². The molecule has 0 aliphatic heterocycles. The van der Waals surface area contributed by atoms with Gasteiger partial charge in [0.25, 0.3) is 5.91 Å². The molecular weight excluding hydrogens is 464 g/mol. The van der Waals surface area contributed by atoms with E-state index in [0.29, 0.717) is 42.8 Å². The highest BCUT2D eigenvalue weighted by Crippen LogP contribution is 2.38. The predicted molar refractivity (Wildman–Crippen MR) is 133 cm³/mol. The van der Waals surface area contributed by atoms with Gasteiger partial charge in [0.05, 0.1) is 23.6 Å². The molecule has 1 atom stereocenters. The number of benzene rings is 2. The summed E-state index contributed by atoms with van der Waals surface area (Å²) in [6.07, 6.45) is 8.32. The number of carbonyl (C=O) groups is 2. The number of nitrogens with zero attached hydrogens (tertiary/aromatic N) is 3. The number of amides is 1. The molecule has 0 fully saturated rings. The molecule has 2 heterocycles.